The number of hydrogen-bond donors (Lipinski definition) is 0. The van der Waals surface area contributed by atoms with Crippen LogP contribution in [0.2, 0.25) is 0 Å². The lowest BCUT2D eigenvalue weighted by molar-refractivity contribution is -0.136. The lowest BCUT2D eigenvalue weighted by Crippen LogP contribution is -2.42. The van der Waals surface area contributed by atoms with Gasteiger partial charge in [0.25, 0.3) is 0 Å². The Labute approximate surface area is 133 Å². The van der Waals surface area contributed by atoms with E-state index in [-0.39, 0.29) is 36.0 Å². The smallest absolute Gasteiger partial charge is 0.228 e. The van der Waals surface area contributed by atoms with Crippen molar-refractivity contribution in [3.8, 4) is 0 Å². The van der Waals surface area contributed by atoms with Crippen LogP contribution in [0.1, 0.15) is 18.0 Å². The van der Waals surface area contributed by atoms with E-state index in [4.69, 9.17) is 0 Å². The first-order valence-corrected chi connectivity index (χ1v) is 8.61. The van der Waals surface area contributed by atoms with E-state index in [1.807, 2.05) is 16.7 Å². The van der Waals surface area contributed by atoms with Gasteiger partial charge < -0.3 is 9.80 Å². The predicted molar refractivity (Wildman–Crippen MR) is 83.9 cm³/mol. The lowest BCUT2D eigenvalue weighted by atomic mass is 9.92. The summed E-state index contributed by atoms with van der Waals surface area (Å²) < 4.78 is 13.1. The van der Waals surface area contributed by atoms with E-state index >= 15 is 0 Å². The van der Waals surface area contributed by atoms with Crippen LogP contribution in [-0.4, -0.2) is 53.3 Å². The second-order valence-electron chi connectivity index (χ2n) is 5.75. The number of rotatable bonds is 2. The molecule has 0 saturated carbocycles. The summed E-state index contributed by atoms with van der Waals surface area (Å²) in [6.07, 6.45) is 0.237. The summed E-state index contributed by atoms with van der Waals surface area (Å²) in [6.45, 7) is 1.49. The van der Waals surface area contributed by atoms with Crippen LogP contribution in [0.4, 0.5) is 4.39 Å². The molecule has 0 radical (unpaired) electrons. The van der Waals surface area contributed by atoms with E-state index in [1.54, 1.807) is 24.1 Å². The van der Waals surface area contributed by atoms with Crippen LogP contribution in [0.5, 0.6) is 0 Å². The Morgan fingerprint density at radius 3 is 2.50 bits per heavy atom. The molecule has 118 valence electrons. The van der Waals surface area contributed by atoms with E-state index in [0.717, 1.165) is 30.2 Å². The third kappa shape index (κ3) is 2.84. The molecule has 0 aliphatic carbocycles. The average molecular weight is 322 g/mol. The van der Waals surface area contributed by atoms with Crippen molar-refractivity contribution in [2.45, 2.75) is 12.5 Å². The first-order valence-electron chi connectivity index (χ1n) is 7.45. The summed E-state index contributed by atoms with van der Waals surface area (Å²) in [5.41, 5.74) is 0.819. The molecule has 0 spiro atoms. The van der Waals surface area contributed by atoms with Crippen LogP contribution < -0.4 is 0 Å². The molecule has 3 rings (SSSR count). The summed E-state index contributed by atoms with van der Waals surface area (Å²) >= 11 is 1.85. The van der Waals surface area contributed by atoms with Gasteiger partial charge in [0.05, 0.1) is 12.0 Å². The van der Waals surface area contributed by atoms with E-state index in [1.165, 1.54) is 12.1 Å². The van der Waals surface area contributed by atoms with Gasteiger partial charge in [0.2, 0.25) is 11.8 Å². The second kappa shape index (κ2) is 6.28. The van der Waals surface area contributed by atoms with Gasteiger partial charge in [-0.15, -0.1) is 0 Å². The molecule has 2 heterocycles. The highest BCUT2D eigenvalue weighted by molar-refractivity contribution is 7.99. The van der Waals surface area contributed by atoms with Crippen molar-refractivity contribution in [2.75, 3.05) is 31.6 Å². The SMILES string of the molecule is CN1C(=O)CC(C(=O)N2CCSCC2)C1c1ccc(F)cc1. The number of carbonyl (C=O) groups is 2. The Balaban J connectivity index is 1.86. The maximum Gasteiger partial charge on any atom is 0.228 e. The number of benzene rings is 1. The van der Waals surface area contributed by atoms with Crippen LogP contribution >= 0.6 is 11.8 Å². The number of thioether (sulfide) groups is 1. The number of hydrogen-bond acceptors (Lipinski definition) is 3. The molecule has 2 saturated heterocycles. The molecule has 2 atom stereocenters. The summed E-state index contributed by atoms with van der Waals surface area (Å²) in [5.74, 6) is 1.23. The maximum atomic E-state index is 13.1. The fraction of sp³-hybridized carbons (Fsp3) is 0.500. The molecule has 1 aromatic carbocycles. The van der Waals surface area contributed by atoms with Crippen molar-refractivity contribution < 1.29 is 14.0 Å². The topological polar surface area (TPSA) is 40.6 Å². The Hall–Kier alpha value is -1.56. The maximum absolute atomic E-state index is 13.1. The molecule has 0 bridgehead atoms. The number of likely N-dealkylation sites (tertiary alicyclic amines) is 1. The van der Waals surface area contributed by atoms with Crippen LogP contribution in [-0.2, 0) is 9.59 Å². The molecular formula is C16H19FN2O2S. The largest absolute Gasteiger partial charge is 0.341 e. The van der Waals surface area contributed by atoms with Gasteiger partial charge in [0.15, 0.2) is 0 Å². The molecule has 2 fully saturated rings. The highest BCUT2D eigenvalue weighted by Gasteiger charge is 2.44. The van der Waals surface area contributed by atoms with Crippen LogP contribution in [0.3, 0.4) is 0 Å². The van der Waals surface area contributed by atoms with E-state index in [0.29, 0.717) is 0 Å². The monoisotopic (exact) mass is 322 g/mol. The zero-order valence-corrected chi connectivity index (χ0v) is 13.3. The Bertz CT molecular complexity index is 572. The summed E-state index contributed by atoms with van der Waals surface area (Å²) in [5, 5.41) is 0. The number of carbonyl (C=O) groups excluding carboxylic acids is 2. The third-order valence-corrected chi connectivity index (χ3v) is 5.38. The van der Waals surface area contributed by atoms with Crippen molar-refractivity contribution in [1.29, 1.82) is 0 Å². The molecule has 2 aliphatic rings. The summed E-state index contributed by atoms with van der Waals surface area (Å²) in [7, 11) is 1.72. The fourth-order valence-corrected chi connectivity index (χ4v) is 4.13. The molecule has 6 heteroatoms. The molecule has 0 aromatic heterocycles. The van der Waals surface area contributed by atoms with Gasteiger partial charge in [-0.25, -0.2) is 4.39 Å². The van der Waals surface area contributed by atoms with Gasteiger partial charge in [-0.3, -0.25) is 9.59 Å². The third-order valence-electron chi connectivity index (χ3n) is 4.44. The van der Waals surface area contributed by atoms with Gasteiger partial charge in [0, 0.05) is 38.1 Å². The Morgan fingerprint density at radius 1 is 1.23 bits per heavy atom. The number of amides is 2. The molecule has 2 amide bonds. The van der Waals surface area contributed by atoms with E-state index < -0.39 is 0 Å². The number of halogens is 1. The second-order valence-corrected chi connectivity index (χ2v) is 6.97. The van der Waals surface area contributed by atoms with E-state index in [2.05, 4.69) is 0 Å². The minimum absolute atomic E-state index is 0.0286. The zero-order chi connectivity index (χ0) is 15.7. The number of nitrogens with zero attached hydrogens (tertiary/aromatic N) is 2. The average Bonchev–Trinajstić information content (AvgIpc) is 2.84. The highest BCUT2D eigenvalue weighted by atomic mass is 32.2. The lowest BCUT2D eigenvalue weighted by Gasteiger charge is -2.32. The van der Waals surface area contributed by atoms with E-state index in [9.17, 15) is 14.0 Å². The normalized spacial score (nSPS) is 25.6. The van der Waals surface area contributed by atoms with Crippen LogP contribution in [0, 0.1) is 11.7 Å². The molecule has 1 aromatic rings. The molecule has 0 N–H and O–H groups in total. The fourth-order valence-electron chi connectivity index (χ4n) is 3.23. The summed E-state index contributed by atoms with van der Waals surface area (Å²) in [4.78, 5) is 28.4. The van der Waals surface area contributed by atoms with Gasteiger partial charge in [-0.1, -0.05) is 12.1 Å². The van der Waals surface area contributed by atoms with Gasteiger partial charge in [0.1, 0.15) is 5.82 Å². The van der Waals surface area contributed by atoms with Gasteiger partial charge in [-0.2, -0.15) is 11.8 Å². The standard InChI is InChI=1S/C16H19FN2O2S/c1-18-14(20)10-13(16(21)19-6-8-22-9-7-19)15(18)11-2-4-12(17)5-3-11/h2-5,13,15H,6-10H2,1H3. The molecule has 2 unspecified atom stereocenters. The minimum Gasteiger partial charge on any atom is -0.341 e. The minimum atomic E-state index is -0.369. The zero-order valence-electron chi connectivity index (χ0n) is 12.5. The predicted octanol–water partition coefficient (Wildman–Crippen LogP) is 1.92. The van der Waals surface area contributed by atoms with Crippen molar-refractivity contribution in [3.05, 3.63) is 35.6 Å². The Morgan fingerprint density at radius 2 is 1.86 bits per heavy atom. The highest BCUT2D eigenvalue weighted by Crippen LogP contribution is 2.38. The van der Waals surface area contributed by atoms with Gasteiger partial charge >= 0.3 is 0 Å². The van der Waals surface area contributed by atoms with Crippen molar-refractivity contribution in [2.24, 2.45) is 5.92 Å². The summed E-state index contributed by atoms with van der Waals surface area (Å²) in [6, 6.07) is 5.80. The molecular weight excluding hydrogens is 303 g/mol. The molecule has 4 nitrogen and oxygen atoms in total. The quantitative estimate of drug-likeness (QED) is 0.835. The van der Waals surface area contributed by atoms with Crippen molar-refractivity contribution >= 4 is 23.6 Å². The van der Waals surface area contributed by atoms with Crippen molar-refractivity contribution in [3.63, 3.8) is 0 Å². The first-order chi connectivity index (χ1) is 10.6. The molecule has 22 heavy (non-hydrogen) atoms. The van der Waals surface area contributed by atoms with Gasteiger partial charge in [-0.05, 0) is 17.7 Å². The van der Waals surface area contributed by atoms with Crippen LogP contribution in [0.25, 0.3) is 0 Å². The molecule has 2 aliphatic heterocycles. The van der Waals surface area contributed by atoms with Crippen LogP contribution in [0.15, 0.2) is 24.3 Å². The van der Waals surface area contributed by atoms with Crippen molar-refractivity contribution in [1.82, 2.24) is 9.80 Å². The Kier molecular flexibility index (Phi) is 4.38. The first kappa shape index (κ1) is 15.3.